The predicted octanol–water partition coefficient (Wildman–Crippen LogP) is 2.02. The SMILES string of the molecule is O=[N+]([O-])c1cc[n+]([O-])cc1Oc1ccccc1. The number of benzene rings is 1. The van der Waals surface area contributed by atoms with Crippen LogP contribution in [0.2, 0.25) is 0 Å². The molecule has 0 spiro atoms. The van der Waals surface area contributed by atoms with Crippen LogP contribution in [0, 0.1) is 15.3 Å². The summed E-state index contributed by atoms with van der Waals surface area (Å²) in [5, 5.41) is 21.8. The lowest BCUT2D eigenvalue weighted by atomic mass is 10.3. The second-order valence-corrected chi connectivity index (χ2v) is 3.23. The second-order valence-electron chi connectivity index (χ2n) is 3.23. The first-order chi connectivity index (χ1) is 8.16. The number of nitro groups is 1. The van der Waals surface area contributed by atoms with E-state index in [0.29, 0.717) is 10.5 Å². The molecule has 1 aromatic heterocycles. The molecule has 0 amide bonds. The second kappa shape index (κ2) is 4.48. The Morgan fingerprint density at radius 2 is 1.88 bits per heavy atom. The quantitative estimate of drug-likeness (QED) is 0.351. The zero-order valence-electron chi connectivity index (χ0n) is 8.65. The van der Waals surface area contributed by atoms with Gasteiger partial charge in [-0.25, -0.2) is 0 Å². The number of hydrogen-bond acceptors (Lipinski definition) is 4. The molecule has 1 aromatic carbocycles. The standard InChI is InChI=1S/C11H8N2O4/c14-12-7-6-10(13(15)16)11(8-12)17-9-4-2-1-3-5-9/h1-8H. The Hall–Kier alpha value is -2.63. The van der Waals surface area contributed by atoms with Gasteiger partial charge in [-0.05, 0) is 12.1 Å². The molecule has 2 rings (SSSR count). The fourth-order valence-electron chi connectivity index (χ4n) is 1.30. The van der Waals surface area contributed by atoms with Crippen molar-refractivity contribution in [1.82, 2.24) is 0 Å². The van der Waals surface area contributed by atoms with Crippen molar-refractivity contribution in [1.29, 1.82) is 0 Å². The lowest BCUT2D eigenvalue weighted by molar-refractivity contribution is -0.606. The maximum Gasteiger partial charge on any atom is 0.323 e. The molecule has 0 fully saturated rings. The Morgan fingerprint density at radius 3 is 2.53 bits per heavy atom. The van der Waals surface area contributed by atoms with E-state index in [1.165, 1.54) is 0 Å². The predicted molar refractivity (Wildman–Crippen MR) is 58.6 cm³/mol. The van der Waals surface area contributed by atoms with Gasteiger partial charge in [0.25, 0.3) is 5.75 Å². The minimum atomic E-state index is -0.599. The van der Waals surface area contributed by atoms with Crippen molar-refractivity contribution >= 4 is 5.69 Å². The third-order valence-corrected chi connectivity index (χ3v) is 2.04. The molecule has 6 heteroatoms. The van der Waals surface area contributed by atoms with Crippen LogP contribution in [0.25, 0.3) is 0 Å². The van der Waals surface area contributed by atoms with Gasteiger partial charge in [-0.1, -0.05) is 18.2 Å². The summed E-state index contributed by atoms with van der Waals surface area (Å²) < 4.78 is 5.74. The van der Waals surface area contributed by atoms with E-state index in [0.717, 1.165) is 18.5 Å². The first kappa shape index (κ1) is 10.9. The fourth-order valence-corrected chi connectivity index (χ4v) is 1.30. The van der Waals surface area contributed by atoms with Gasteiger partial charge in [0.05, 0.1) is 11.0 Å². The molecule has 0 bridgehead atoms. The van der Waals surface area contributed by atoms with Gasteiger partial charge in [-0.2, -0.15) is 4.73 Å². The monoisotopic (exact) mass is 232 g/mol. The molecule has 0 aliphatic rings. The van der Waals surface area contributed by atoms with Crippen LogP contribution in [-0.2, 0) is 0 Å². The van der Waals surface area contributed by atoms with Gasteiger partial charge in [0.1, 0.15) is 5.75 Å². The van der Waals surface area contributed by atoms with Crippen LogP contribution in [0.3, 0.4) is 0 Å². The van der Waals surface area contributed by atoms with Gasteiger partial charge in [0.2, 0.25) is 6.20 Å². The van der Waals surface area contributed by atoms with Gasteiger partial charge in [0, 0.05) is 0 Å². The zero-order chi connectivity index (χ0) is 12.3. The molecule has 1 heterocycles. The van der Waals surface area contributed by atoms with E-state index in [-0.39, 0.29) is 11.4 Å². The summed E-state index contributed by atoms with van der Waals surface area (Å²) in [5.74, 6) is 0.348. The number of ether oxygens (including phenoxy) is 1. The molecule has 2 aromatic rings. The maximum atomic E-state index is 11.1. The van der Waals surface area contributed by atoms with E-state index >= 15 is 0 Å². The number of hydrogen-bond donors (Lipinski definition) is 0. The smallest absolute Gasteiger partial charge is 0.323 e. The summed E-state index contributed by atoms with van der Waals surface area (Å²) >= 11 is 0. The van der Waals surface area contributed by atoms with Crippen LogP contribution in [0.5, 0.6) is 11.5 Å². The van der Waals surface area contributed by atoms with Gasteiger partial charge in [-0.3, -0.25) is 10.1 Å². The summed E-state index contributed by atoms with van der Waals surface area (Å²) in [6.07, 6.45) is 2.07. The van der Waals surface area contributed by atoms with E-state index in [1.54, 1.807) is 30.3 Å². The highest BCUT2D eigenvalue weighted by molar-refractivity contribution is 5.44. The first-order valence-corrected chi connectivity index (χ1v) is 4.77. The first-order valence-electron chi connectivity index (χ1n) is 4.77. The summed E-state index contributed by atoms with van der Waals surface area (Å²) in [6.45, 7) is 0. The van der Waals surface area contributed by atoms with Crippen LogP contribution >= 0.6 is 0 Å². The van der Waals surface area contributed by atoms with Crippen molar-refractivity contribution in [3.05, 3.63) is 64.1 Å². The Bertz CT molecular complexity index is 542. The molecule has 6 nitrogen and oxygen atoms in total. The average Bonchev–Trinajstić information content (AvgIpc) is 2.30. The molecule has 86 valence electrons. The highest BCUT2D eigenvalue weighted by Crippen LogP contribution is 2.28. The molecule has 0 aliphatic heterocycles. The maximum absolute atomic E-state index is 11.1. The Kier molecular flexibility index (Phi) is 2.87. The number of aromatic nitrogens is 1. The molecule has 0 saturated carbocycles. The molecule has 0 saturated heterocycles. The van der Waals surface area contributed by atoms with Crippen LogP contribution < -0.4 is 9.47 Å². The fraction of sp³-hybridized carbons (Fsp3) is 0. The molecular formula is C11H8N2O4. The van der Waals surface area contributed by atoms with E-state index in [9.17, 15) is 15.3 Å². The van der Waals surface area contributed by atoms with Gasteiger partial charge in [0.15, 0.2) is 6.20 Å². The minimum absolute atomic E-state index is 0.0845. The summed E-state index contributed by atoms with van der Waals surface area (Å²) in [4.78, 5) is 10.1. The van der Waals surface area contributed by atoms with E-state index in [2.05, 4.69) is 0 Å². The van der Waals surface area contributed by atoms with Gasteiger partial charge < -0.3 is 9.94 Å². The normalized spacial score (nSPS) is 9.88. The Balaban J connectivity index is 2.37. The molecular weight excluding hydrogens is 224 g/mol. The summed E-state index contributed by atoms with van der Waals surface area (Å²) in [6, 6.07) is 9.65. The minimum Gasteiger partial charge on any atom is -0.619 e. The molecule has 0 atom stereocenters. The van der Waals surface area contributed by atoms with E-state index in [4.69, 9.17) is 4.74 Å². The molecule has 17 heavy (non-hydrogen) atoms. The lowest BCUT2D eigenvalue weighted by Gasteiger charge is -2.05. The largest absolute Gasteiger partial charge is 0.619 e. The Labute approximate surface area is 96.4 Å². The van der Waals surface area contributed by atoms with Crippen molar-refractivity contribution in [3.8, 4) is 11.5 Å². The molecule has 0 N–H and O–H groups in total. The van der Waals surface area contributed by atoms with Gasteiger partial charge in [-0.15, -0.1) is 0 Å². The van der Waals surface area contributed by atoms with Crippen molar-refractivity contribution in [3.63, 3.8) is 0 Å². The molecule has 0 aliphatic carbocycles. The van der Waals surface area contributed by atoms with Crippen LogP contribution in [-0.4, -0.2) is 4.92 Å². The zero-order valence-corrected chi connectivity index (χ0v) is 8.65. The van der Waals surface area contributed by atoms with Crippen molar-refractivity contribution in [2.24, 2.45) is 0 Å². The van der Waals surface area contributed by atoms with Crippen LogP contribution in [0.4, 0.5) is 5.69 Å². The van der Waals surface area contributed by atoms with E-state index in [1.807, 2.05) is 0 Å². The number of pyridine rings is 1. The van der Waals surface area contributed by atoms with Crippen LogP contribution in [0.1, 0.15) is 0 Å². The Morgan fingerprint density at radius 1 is 1.18 bits per heavy atom. The number of nitrogens with zero attached hydrogens (tertiary/aromatic N) is 2. The van der Waals surface area contributed by atoms with Crippen molar-refractivity contribution in [2.75, 3.05) is 0 Å². The third-order valence-electron chi connectivity index (χ3n) is 2.04. The third kappa shape index (κ3) is 2.49. The summed E-state index contributed by atoms with van der Waals surface area (Å²) in [7, 11) is 0. The summed E-state index contributed by atoms with van der Waals surface area (Å²) in [5.41, 5.74) is -0.249. The van der Waals surface area contributed by atoms with Crippen LogP contribution in [0.15, 0.2) is 48.8 Å². The lowest BCUT2D eigenvalue weighted by Crippen LogP contribution is -2.24. The van der Waals surface area contributed by atoms with Crippen molar-refractivity contribution < 1.29 is 14.4 Å². The number of rotatable bonds is 3. The molecule has 0 unspecified atom stereocenters. The van der Waals surface area contributed by atoms with Crippen molar-refractivity contribution in [2.45, 2.75) is 0 Å². The van der Waals surface area contributed by atoms with E-state index < -0.39 is 4.92 Å². The topological polar surface area (TPSA) is 79.3 Å². The van der Waals surface area contributed by atoms with Gasteiger partial charge >= 0.3 is 5.69 Å². The highest BCUT2D eigenvalue weighted by Gasteiger charge is 2.19. The number of para-hydroxylation sites is 1. The molecule has 0 radical (unpaired) electrons. The average molecular weight is 232 g/mol. The highest BCUT2D eigenvalue weighted by atomic mass is 16.6.